The Morgan fingerprint density at radius 3 is 2.48 bits per heavy atom. The van der Waals surface area contributed by atoms with E-state index in [0.29, 0.717) is 17.9 Å². The number of anilines is 1. The number of aromatic nitrogens is 2. The molecule has 0 saturated carbocycles. The number of nitrogens with zero attached hydrogens (tertiary/aromatic N) is 3. The predicted octanol–water partition coefficient (Wildman–Crippen LogP) is 5.95. The van der Waals surface area contributed by atoms with E-state index in [9.17, 15) is 13.2 Å². The van der Waals surface area contributed by atoms with E-state index in [2.05, 4.69) is 31.4 Å². The first-order valence-electron chi connectivity index (χ1n) is 9.10. The summed E-state index contributed by atoms with van der Waals surface area (Å²) in [5.74, 6) is 0.535. The standard InChI is InChI=1S/C21H22BrF3N4/c1-12-15(6-5-7-18(12)21(23,24)25)13(2)26-20-17-10-14(22)8-9-16(17)19(27-28-20)11-29(3)4/h5-10,13H,11H2,1-4H3,(H,26,28). The van der Waals surface area contributed by atoms with Crippen molar-refractivity contribution in [1.82, 2.24) is 15.1 Å². The maximum Gasteiger partial charge on any atom is 0.416 e. The van der Waals surface area contributed by atoms with Crippen LogP contribution in [-0.4, -0.2) is 29.2 Å². The molecule has 0 saturated heterocycles. The quantitative estimate of drug-likeness (QED) is 0.503. The van der Waals surface area contributed by atoms with Crippen LogP contribution in [0.3, 0.4) is 0 Å². The Kier molecular flexibility index (Phi) is 6.14. The summed E-state index contributed by atoms with van der Waals surface area (Å²) in [7, 11) is 3.91. The Morgan fingerprint density at radius 1 is 1.10 bits per heavy atom. The first kappa shape index (κ1) is 21.5. The second kappa shape index (κ2) is 8.28. The molecule has 3 rings (SSSR count). The highest BCUT2D eigenvalue weighted by atomic mass is 79.9. The molecule has 0 spiro atoms. The third-order valence-corrected chi connectivity index (χ3v) is 5.28. The molecule has 0 aliphatic carbocycles. The lowest BCUT2D eigenvalue weighted by Crippen LogP contribution is -2.16. The zero-order chi connectivity index (χ0) is 21.3. The van der Waals surface area contributed by atoms with Gasteiger partial charge in [0.05, 0.1) is 17.3 Å². The van der Waals surface area contributed by atoms with Crippen LogP contribution in [0, 0.1) is 6.92 Å². The average Bonchev–Trinajstić information content (AvgIpc) is 2.62. The summed E-state index contributed by atoms with van der Waals surface area (Å²) in [5.41, 5.74) is 0.999. The summed E-state index contributed by atoms with van der Waals surface area (Å²) in [6.45, 7) is 3.95. The van der Waals surface area contributed by atoms with E-state index in [0.717, 1.165) is 27.0 Å². The van der Waals surface area contributed by atoms with Gasteiger partial charge < -0.3 is 10.2 Å². The number of rotatable bonds is 5. The third-order valence-electron chi connectivity index (χ3n) is 4.79. The molecule has 1 unspecified atom stereocenters. The zero-order valence-electron chi connectivity index (χ0n) is 16.6. The monoisotopic (exact) mass is 466 g/mol. The van der Waals surface area contributed by atoms with Crippen LogP contribution in [0.1, 0.15) is 35.3 Å². The van der Waals surface area contributed by atoms with Gasteiger partial charge in [0.1, 0.15) is 0 Å². The highest BCUT2D eigenvalue weighted by molar-refractivity contribution is 9.10. The molecule has 2 aromatic carbocycles. The van der Waals surface area contributed by atoms with Gasteiger partial charge >= 0.3 is 6.18 Å². The molecule has 1 heterocycles. The lowest BCUT2D eigenvalue weighted by Gasteiger charge is -2.21. The Balaban J connectivity index is 2.02. The smallest absolute Gasteiger partial charge is 0.362 e. The molecule has 0 radical (unpaired) electrons. The van der Waals surface area contributed by atoms with E-state index in [4.69, 9.17) is 0 Å². The average molecular weight is 467 g/mol. The molecule has 4 nitrogen and oxygen atoms in total. The number of halogens is 4. The summed E-state index contributed by atoms with van der Waals surface area (Å²) in [4.78, 5) is 2.01. The van der Waals surface area contributed by atoms with Gasteiger partial charge in [-0.15, -0.1) is 5.10 Å². The van der Waals surface area contributed by atoms with Gasteiger partial charge in [-0.25, -0.2) is 0 Å². The molecule has 1 N–H and O–H groups in total. The summed E-state index contributed by atoms with van der Waals surface area (Å²) in [6, 6.07) is 9.71. The van der Waals surface area contributed by atoms with Crippen LogP contribution < -0.4 is 5.32 Å². The van der Waals surface area contributed by atoms with E-state index in [-0.39, 0.29) is 11.6 Å². The first-order chi connectivity index (χ1) is 13.6. The number of fused-ring (bicyclic) bond motifs is 1. The van der Waals surface area contributed by atoms with Gasteiger partial charge in [-0.2, -0.15) is 18.3 Å². The van der Waals surface area contributed by atoms with Gasteiger partial charge in [-0.1, -0.05) is 34.1 Å². The molecular weight excluding hydrogens is 445 g/mol. The van der Waals surface area contributed by atoms with Crippen molar-refractivity contribution in [3.8, 4) is 0 Å². The fraction of sp³-hybridized carbons (Fsp3) is 0.333. The maximum absolute atomic E-state index is 13.3. The third kappa shape index (κ3) is 4.70. The summed E-state index contributed by atoms with van der Waals surface area (Å²) >= 11 is 3.48. The fourth-order valence-corrected chi connectivity index (χ4v) is 3.78. The van der Waals surface area contributed by atoms with Crippen molar-refractivity contribution in [2.24, 2.45) is 0 Å². The van der Waals surface area contributed by atoms with Gasteiger partial charge in [-0.05, 0) is 57.3 Å². The van der Waals surface area contributed by atoms with E-state index in [1.165, 1.54) is 13.0 Å². The van der Waals surface area contributed by atoms with Crippen LogP contribution >= 0.6 is 15.9 Å². The summed E-state index contributed by atoms with van der Waals surface area (Å²) < 4.78 is 40.7. The van der Waals surface area contributed by atoms with Crippen molar-refractivity contribution in [1.29, 1.82) is 0 Å². The molecule has 0 amide bonds. The molecule has 29 heavy (non-hydrogen) atoms. The highest BCUT2D eigenvalue weighted by Gasteiger charge is 2.33. The second-order valence-electron chi connectivity index (χ2n) is 7.31. The minimum Gasteiger partial charge on any atom is -0.362 e. The topological polar surface area (TPSA) is 41.1 Å². The largest absolute Gasteiger partial charge is 0.416 e. The SMILES string of the molecule is Cc1c(C(C)Nc2nnc(CN(C)C)c3ccc(Br)cc23)cccc1C(F)(F)F. The summed E-state index contributed by atoms with van der Waals surface area (Å²) in [6.07, 6.45) is -4.38. The minimum absolute atomic E-state index is 0.211. The van der Waals surface area contributed by atoms with Gasteiger partial charge in [0.25, 0.3) is 0 Å². The molecule has 8 heteroatoms. The van der Waals surface area contributed by atoms with Crippen molar-refractivity contribution in [3.63, 3.8) is 0 Å². The lowest BCUT2D eigenvalue weighted by atomic mass is 9.97. The molecule has 0 aliphatic rings. The molecule has 1 atom stereocenters. The van der Waals surface area contributed by atoms with Crippen molar-refractivity contribution in [3.05, 3.63) is 63.3 Å². The predicted molar refractivity (Wildman–Crippen MR) is 113 cm³/mol. The van der Waals surface area contributed by atoms with Crippen molar-refractivity contribution in [2.75, 3.05) is 19.4 Å². The molecule has 3 aromatic rings. The Morgan fingerprint density at radius 2 is 1.83 bits per heavy atom. The van der Waals surface area contributed by atoms with Crippen LogP contribution in [0.15, 0.2) is 40.9 Å². The highest BCUT2D eigenvalue weighted by Crippen LogP contribution is 2.36. The maximum atomic E-state index is 13.3. The van der Waals surface area contributed by atoms with E-state index in [1.54, 1.807) is 6.07 Å². The normalized spacial score (nSPS) is 13.1. The molecule has 0 aliphatic heterocycles. The summed E-state index contributed by atoms with van der Waals surface area (Å²) in [5, 5.41) is 13.8. The van der Waals surface area contributed by atoms with E-state index >= 15 is 0 Å². The fourth-order valence-electron chi connectivity index (χ4n) is 3.42. The Hall–Kier alpha value is -2.19. The zero-order valence-corrected chi connectivity index (χ0v) is 18.2. The van der Waals surface area contributed by atoms with Crippen LogP contribution in [0.5, 0.6) is 0 Å². The van der Waals surface area contributed by atoms with Crippen molar-refractivity contribution in [2.45, 2.75) is 32.6 Å². The van der Waals surface area contributed by atoms with Crippen molar-refractivity contribution >= 4 is 32.5 Å². The minimum atomic E-state index is -4.38. The lowest BCUT2D eigenvalue weighted by molar-refractivity contribution is -0.138. The number of hydrogen-bond donors (Lipinski definition) is 1. The number of hydrogen-bond acceptors (Lipinski definition) is 4. The van der Waals surface area contributed by atoms with Gasteiger partial charge in [0, 0.05) is 21.8 Å². The molecule has 154 valence electrons. The van der Waals surface area contributed by atoms with Crippen LogP contribution in [0.25, 0.3) is 10.8 Å². The van der Waals surface area contributed by atoms with Crippen LogP contribution in [0.2, 0.25) is 0 Å². The Labute approximate surface area is 176 Å². The van der Waals surface area contributed by atoms with Gasteiger partial charge in [-0.3, -0.25) is 0 Å². The number of benzene rings is 2. The second-order valence-corrected chi connectivity index (χ2v) is 8.22. The van der Waals surface area contributed by atoms with Crippen molar-refractivity contribution < 1.29 is 13.2 Å². The van der Waals surface area contributed by atoms with Crippen LogP contribution in [0.4, 0.5) is 19.0 Å². The molecule has 1 aromatic heterocycles. The first-order valence-corrected chi connectivity index (χ1v) is 9.90. The molecule has 0 fully saturated rings. The Bertz CT molecular complexity index is 1030. The molecular formula is C21H22BrF3N4. The van der Waals surface area contributed by atoms with Crippen LogP contribution in [-0.2, 0) is 12.7 Å². The van der Waals surface area contributed by atoms with Gasteiger partial charge in [0.15, 0.2) is 5.82 Å². The van der Waals surface area contributed by atoms with E-state index in [1.807, 2.05) is 44.1 Å². The number of nitrogens with one attached hydrogen (secondary N) is 1. The van der Waals surface area contributed by atoms with E-state index < -0.39 is 11.7 Å². The number of alkyl halides is 3. The molecule has 0 bridgehead atoms. The van der Waals surface area contributed by atoms with Gasteiger partial charge in [0.2, 0.25) is 0 Å².